The predicted molar refractivity (Wildman–Crippen MR) is 101 cm³/mol. The lowest BCUT2D eigenvalue weighted by Crippen LogP contribution is -2.04. The zero-order valence-corrected chi connectivity index (χ0v) is 14.9. The molecule has 0 atom stereocenters. The van der Waals surface area contributed by atoms with Gasteiger partial charge in [0.1, 0.15) is 0 Å². The molecule has 3 nitrogen and oxygen atoms in total. The zero-order valence-electron chi connectivity index (χ0n) is 14.1. The van der Waals surface area contributed by atoms with E-state index >= 15 is 0 Å². The lowest BCUT2D eigenvalue weighted by atomic mass is 10.1. The normalized spacial score (nSPS) is 11.0. The van der Waals surface area contributed by atoms with E-state index in [2.05, 4.69) is 5.10 Å². The van der Waals surface area contributed by atoms with Gasteiger partial charge in [-0.25, -0.2) is 4.68 Å². The molecule has 0 aliphatic heterocycles. The van der Waals surface area contributed by atoms with Gasteiger partial charge in [0.15, 0.2) is 0 Å². The van der Waals surface area contributed by atoms with Crippen molar-refractivity contribution in [3.8, 4) is 32.3 Å². The highest BCUT2D eigenvalue weighted by molar-refractivity contribution is 7.19. The predicted octanol–water partition coefficient (Wildman–Crippen LogP) is 4.96. The van der Waals surface area contributed by atoms with Gasteiger partial charge in [0, 0.05) is 10.6 Å². The van der Waals surface area contributed by atoms with Crippen molar-refractivity contribution in [1.82, 2.24) is 9.78 Å². The number of hydrogen-bond acceptors (Lipinski definition) is 3. The standard InChI is InChI=1S/C21H18N2OS/c1-14-13-15(2)23(22-14)18-19(24)21(17-11-7-4-8-12-17)25-20(18)16-9-5-3-6-10-16/h3-13,24H,1-2H3/p-1. The Morgan fingerprint density at radius 1 is 0.840 bits per heavy atom. The summed E-state index contributed by atoms with van der Waals surface area (Å²) in [5.41, 5.74) is 4.49. The van der Waals surface area contributed by atoms with E-state index in [0.29, 0.717) is 5.69 Å². The molecule has 0 aliphatic carbocycles. The molecule has 2 aromatic carbocycles. The number of thiophene rings is 1. The van der Waals surface area contributed by atoms with Crippen LogP contribution in [0.1, 0.15) is 11.4 Å². The van der Waals surface area contributed by atoms with Crippen LogP contribution >= 0.6 is 11.3 Å². The highest BCUT2D eigenvalue weighted by Gasteiger charge is 2.18. The van der Waals surface area contributed by atoms with Gasteiger partial charge in [-0.2, -0.15) is 5.10 Å². The van der Waals surface area contributed by atoms with E-state index in [4.69, 9.17) is 0 Å². The summed E-state index contributed by atoms with van der Waals surface area (Å²) in [7, 11) is 0. The summed E-state index contributed by atoms with van der Waals surface area (Å²) in [5, 5.41) is 17.8. The van der Waals surface area contributed by atoms with Crippen molar-refractivity contribution in [2.45, 2.75) is 13.8 Å². The average molecular weight is 345 g/mol. The van der Waals surface area contributed by atoms with E-state index in [0.717, 1.165) is 32.3 Å². The molecule has 0 spiro atoms. The van der Waals surface area contributed by atoms with Gasteiger partial charge in [0.05, 0.1) is 16.3 Å². The van der Waals surface area contributed by atoms with E-state index in [-0.39, 0.29) is 5.75 Å². The number of aryl methyl sites for hydroxylation is 2. The highest BCUT2D eigenvalue weighted by atomic mass is 32.1. The molecular formula is C21H17N2OS-. The lowest BCUT2D eigenvalue weighted by molar-refractivity contribution is -0.266. The summed E-state index contributed by atoms with van der Waals surface area (Å²) in [6.07, 6.45) is 0. The van der Waals surface area contributed by atoms with E-state index in [1.807, 2.05) is 80.6 Å². The quantitative estimate of drug-likeness (QED) is 0.527. The summed E-state index contributed by atoms with van der Waals surface area (Å²) in [4.78, 5) is 1.71. The van der Waals surface area contributed by atoms with Gasteiger partial charge in [-0.3, -0.25) is 0 Å². The molecule has 4 aromatic rings. The molecule has 2 aromatic heterocycles. The van der Waals surface area contributed by atoms with Gasteiger partial charge in [-0.1, -0.05) is 66.4 Å². The van der Waals surface area contributed by atoms with Crippen LogP contribution in [0.3, 0.4) is 0 Å². The number of hydrogen-bond donors (Lipinski definition) is 0. The van der Waals surface area contributed by atoms with Crippen LogP contribution in [-0.4, -0.2) is 9.78 Å². The number of nitrogens with zero attached hydrogens (tertiary/aromatic N) is 2. The minimum absolute atomic E-state index is 0.0289. The molecule has 0 unspecified atom stereocenters. The summed E-state index contributed by atoms with van der Waals surface area (Å²) in [6, 6.07) is 21.9. The lowest BCUT2D eigenvalue weighted by Gasteiger charge is -2.14. The Labute approximate surface area is 150 Å². The van der Waals surface area contributed by atoms with Crippen molar-refractivity contribution in [1.29, 1.82) is 0 Å². The minimum atomic E-state index is 0.0289. The Morgan fingerprint density at radius 3 is 1.92 bits per heavy atom. The molecule has 124 valence electrons. The van der Waals surface area contributed by atoms with Crippen molar-refractivity contribution in [2.75, 3.05) is 0 Å². The third-order valence-electron chi connectivity index (χ3n) is 4.13. The topological polar surface area (TPSA) is 40.9 Å². The summed E-state index contributed by atoms with van der Waals surface area (Å²) in [6.45, 7) is 3.93. The van der Waals surface area contributed by atoms with Crippen molar-refractivity contribution >= 4 is 11.3 Å². The van der Waals surface area contributed by atoms with E-state index in [9.17, 15) is 5.11 Å². The van der Waals surface area contributed by atoms with Gasteiger partial charge >= 0.3 is 0 Å². The molecule has 0 saturated heterocycles. The SMILES string of the molecule is Cc1cc(C)n(-c2c(-c3ccccc3)sc(-c3ccccc3)c2[O-])n1. The summed E-state index contributed by atoms with van der Waals surface area (Å²) in [5.74, 6) is 0.0289. The van der Waals surface area contributed by atoms with Crippen LogP contribution in [0.5, 0.6) is 5.75 Å². The van der Waals surface area contributed by atoms with Crippen LogP contribution in [0.25, 0.3) is 26.6 Å². The van der Waals surface area contributed by atoms with E-state index in [1.165, 1.54) is 11.3 Å². The van der Waals surface area contributed by atoms with Crippen molar-refractivity contribution in [3.05, 3.63) is 78.1 Å². The monoisotopic (exact) mass is 345 g/mol. The maximum atomic E-state index is 13.3. The maximum Gasteiger partial charge on any atom is 0.0763 e. The minimum Gasteiger partial charge on any atom is -0.870 e. The maximum absolute atomic E-state index is 13.3. The van der Waals surface area contributed by atoms with Crippen LogP contribution in [0.2, 0.25) is 0 Å². The fourth-order valence-corrected chi connectivity index (χ4v) is 4.20. The van der Waals surface area contributed by atoms with Gasteiger partial charge < -0.3 is 5.11 Å². The molecule has 4 heteroatoms. The molecule has 0 amide bonds. The first-order valence-electron chi connectivity index (χ1n) is 8.13. The van der Waals surface area contributed by atoms with E-state index < -0.39 is 0 Å². The third-order valence-corrected chi connectivity index (χ3v) is 5.39. The fraction of sp³-hybridized carbons (Fsp3) is 0.0952. The van der Waals surface area contributed by atoms with Crippen LogP contribution < -0.4 is 5.11 Å². The number of aromatic nitrogens is 2. The van der Waals surface area contributed by atoms with E-state index in [1.54, 1.807) is 4.68 Å². The zero-order chi connectivity index (χ0) is 17.4. The second-order valence-electron chi connectivity index (χ2n) is 6.01. The molecule has 0 radical (unpaired) electrons. The second-order valence-corrected chi connectivity index (χ2v) is 7.03. The molecule has 0 fully saturated rings. The number of rotatable bonds is 3. The Kier molecular flexibility index (Phi) is 3.90. The largest absolute Gasteiger partial charge is 0.870 e. The van der Waals surface area contributed by atoms with Crippen LogP contribution in [0.15, 0.2) is 66.7 Å². The molecule has 4 rings (SSSR count). The molecule has 0 saturated carbocycles. The first-order chi connectivity index (χ1) is 12.1. The summed E-state index contributed by atoms with van der Waals surface area (Å²) >= 11 is 1.53. The Morgan fingerprint density at radius 2 is 1.40 bits per heavy atom. The molecule has 0 N–H and O–H groups in total. The van der Waals surface area contributed by atoms with Crippen LogP contribution in [0, 0.1) is 13.8 Å². The molecule has 0 aliphatic rings. The fourth-order valence-electron chi connectivity index (χ4n) is 3.02. The Balaban J connectivity index is 2.01. The van der Waals surface area contributed by atoms with Crippen molar-refractivity contribution in [3.63, 3.8) is 0 Å². The average Bonchev–Trinajstić information content (AvgIpc) is 3.15. The summed E-state index contributed by atoms with van der Waals surface area (Å²) < 4.78 is 1.78. The van der Waals surface area contributed by atoms with Crippen LogP contribution in [-0.2, 0) is 0 Å². The third kappa shape index (κ3) is 2.75. The smallest absolute Gasteiger partial charge is 0.0763 e. The van der Waals surface area contributed by atoms with Gasteiger partial charge in [-0.05, 0) is 31.0 Å². The molecule has 25 heavy (non-hydrogen) atoms. The first-order valence-corrected chi connectivity index (χ1v) is 8.95. The molecule has 0 bridgehead atoms. The second kappa shape index (κ2) is 6.22. The van der Waals surface area contributed by atoms with Gasteiger partial charge in [0.2, 0.25) is 0 Å². The van der Waals surface area contributed by atoms with Gasteiger partial charge in [-0.15, -0.1) is 11.3 Å². The Hall–Kier alpha value is -2.85. The van der Waals surface area contributed by atoms with Crippen molar-refractivity contribution < 1.29 is 5.11 Å². The molecule has 2 heterocycles. The van der Waals surface area contributed by atoms with Crippen molar-refractivity contribution in [2.24, 2.45) is 0 Å². The molecular weight excluding hydrogens is 328 g/mol. The Bertz CT molecular complexity index is 1020. The van der Waals surface area contributed by atoms with Gasteiger partial charge in [0.25, 0.3) is 0 Å². The van der Waals surface area contributed by atoms with Crippen LogP contribution in [0.4, 0.5) is 0 Å². The highest BCUT2D eigenvalue weighted by Crippen LogP contribution is 2.47. The number of benzene rings is 2. The first kappa shape index (κ1) is 15.7.